The molecule has 1 saturated heterocycles. The summed E-state index contributed by atoms with van der Waals surface area (Å²) in [4.78, 5) is 37.1. The Morgan fingerprint density at radius 3 is 2.38 bits per heavy atom. The van der Waals surface area contributed by atoms with Crippen LogP contribution in [0.3, 0.4) is 0 Å². The molecule has 0 unspecified atom stereocenters. The summed E-state index contributed by atoms with van der Waals surface area (Å²) in [5.74, 6) is -0.0773. The van der Waals surface area contributed by atoms with E-state index in [1.807, 2.05) is 18.2 Å². The van der Waals surface area contributed by atoms with Crippen LogP contribution >= 0.6 is 35.0 Å². The van der Waals surface area contributed by atoms with Crippen molar-refractivity contribution in [3.05, 3.63) is 108 Å². The first-order valence-corrected chi connectivity index (χ1v) is 11.5. The number of carbonyl (C=O) groups excluding carboxylic acids is 2. The molecule has 3 aromatic carbocycles. The topological polar surface area (TPSA) is 89.8 Å². The van der Waals surface area contributed by atoms with Crippen LogP contribution in [-0.2, 0) is 17.9 Å². The van der Waals surface area contributed by atoms with Crippen LogP contribution in [0.15, 0.2) is 71.6 Å². The second kappa shape index (κ2) is 10.3. The standard InChI is InChI=1S/C24H16Cl2N2O5S/c25-18-7-3-1-6-17(18)14-33-21-10-9-15(11-19(21)26)12-22-23(29)27(24(30)34-22)13-16-5-2-4-8-20(16)28(31)32/h1-12H,13-14H2/b22-12-. The van der Waals surface area contributed by atoms with Gasteiger partial charge < -0.3 is 4.74 Å². The fourth-order valence-corrected chi connectivity index (χ4v) is 4.55. The number of ether oxygens (including phenoxy) is 1. The van der Waals surface area contributed by atoms with E-state index in [1.165, 1.54) is 18.2 Å². The molecule has 1 fully saturated rings. The van der Waals surface area contributed by atoms with Crippen molar-refractivity contribution in [2.45, 2.75) is 13.2 Å². The summed E-state index contributed by atoms with van der Waals surface area (Å²) in [6.07, 6.45) is 1.55. The van der Waals surface area contributed by atoms with E-state index in [9.17, 15) is 19.7 Å². The Balaban J connectivity index is 1.48. The summed E-state index contributed by atoms with van der Waals surface area (Å²) in [5.41, 5.74) is 1.55. The molecular formula is C24H16Cl2N2O5S. The van der Waals surface area contributed by atoms with Gasteiger partial charge in [-0.3, -0.25) is 24.6 Å². The van der Waals surface area contributed by atoms with E-state index in [-0.39, 0.29) is 29.3 Å². The Morgan fingerprint density at radius 2 is 1.68 bits per heavy atom. The van der Waals surface area contributed by atoms with E-state index in [1.54, 1.807) is 36.4 Å². The third-order valence-corrected chi connectivity index (χ3v) is 6.56. The molecule has 4 rings (SSSR count). The maximum atomic E-state index is 12.8. The van der Waals surface area contributed by atoms with Gasteiger partial charge in [0, 0.05) is 22.2 Å². The first kappa shape index (κ1) is 23.8. The van der Waals surface area contributed by atoms with E-state index in [2.05, 4.69) is 0 Å². The lowest BCUT2D eigenvalue weighted by Gasteiger charge is -2.12. The maximum absolute atomic E-state index is 12.8. The smallest absolute Gasteiger partial charge is 0.293 e. The number of benzene rings is 3. The maximum Gasteiger partial charge on any atom is 0.293 e. The molecule has 3 aromatic rings. The van der Waals surface area contributed by atoms with Crippen molar-refractivity contribution in [1.29, 1.82) is 0 Å². The van der Waals surface area contributed by atoms with E-state index < -0.39 is 16.1 Å². The third kappa shape index (κ3) is 5.25. The Labute approximate surface area is 209 Å². The first-order valence-electron chi connectivity index (χ1n) is 9.97. The van der Waals surface area contributed by atoms with Gasteiger partial charge in [-0.25, -0.2) is 0 Å². The van der Waals surface area contributed by atoms with Gasteiger partial charge in [0.05, 0.1) is 21.4 Å². The molecule has 0 aromatic heterocycles. The minimum absolute atomic E-state index is 0.148. The van der Waals surface area contributed by atoms with Crippen LogP contribution in [0.5, 0.6) is 5.75 Å². The van der Waals surface area contributed by atoms with Crippen LogP contribution in [0.2, 0.25) is 10.0 Å². The first-order chi connectivity index (χ1) is 16.3. The lowest BCUT2D eigenvalue weighted by Crippen LogP contribution is -2.27. The number of hydrogen-bond donors (Lipinski definition) is 0. The number of nitrogens with zero attached hydrogens (tertiary/aromatic N) is 2. The Hall–Kier alpha value is -3.33. The average Bonchev–Trinajstić information content (AvgIpc) is 3.07. The number of amides is 2. The van der Waals surface area contributed by atoms with E-state index in [4.69, 9.17) is 27.9 Å². The fraction of sp³-hybridized carbons (Fsp3) is 0.0833. The number of imide groups is 1. The highest BCUT2D eigenvalue weighted by Gasteiger charge is 2.36. The van der Waals surface area contributed by atoms with Crippen molar-refractivity contribution in [3.8, 4) is 5.75 Å². The van der Waals surface area contributed by atoms with Gasteiger partial charge >= 0.3 is 0 Å². The SMILES string of the molecule is O=C1S/C(=C\c2ccc(OCc3ccccc3Cl)c(Cl)c2)C(=O)N1Cc1ccccc1[N+](=O)[O-]. The number of nitro benzene ring substituents is 1. The summed E-state index contributed by atoms with van der Waals surface area (Å²) < 4.78 is 5.75. The summed E-state index contributed by atoms with van der Waals surface area (Å²) in [6.45, 7) is 0.0536. The molecule has 0 spiro atoms. The molecule has 0 atom stereocenters. The van der Waals surface area contributed by atoms with Gasteiger partial charge in [-0.05, 0) is 41.6 Å². The van der Waals surface area contributed by atoms with Gasteiger partial charge in [-0.2, -0.15) is 0 Å². The molecule has 0 saturated carbocycles. The van der Waals surface area contributed by atoms with Crippen LogP contribution in [0.25, 0.3) is 6.08 Å². The lowest BCUT2D eigenvalue weighted by atomic mass is 10.1. The zero-order valence-corrected chi connectivity index (χ0v) is 19.8. The number of hydrogen-bond acceptors (Lipinski definition) is 6. The molecule has 2 amide bonds. The predicted octanol–water partition coefficient (Wildman–Crippen LogP) is 6.72. The monoisotopic (exact) mass is 514 g/mol. The largest absolute Gasteiger partial charge is 0.487 e. The quantitative estimate of drug-likeness (QED) is 0.197. The molecule has 172 valence electrons. The molecule has 0 radical (unpaired) electrons. The van der Waals surface area contributed by atoms with E-state index in [0.717, 1.165) is 22.2 Å². The fourth-order valence-electron chi connectivity index (χ4n) is 3.28. The second-order valence-electron chi connectivity index (χ2n) is 7.22. The van der Waals surface area contributed by atoms with Gasteiger partial charge in [-0.1, -0.05) is 65.7 Å². The highest BCUT2D eigenvalue weighted by molar-refractivity contribution is 8.18. The highest BCUT2D eigenvalue weighted by Crippen LogP contribution is 2.35. The summed E-state index contributed by atoms with van der Waals surface area (Å²) in [6, 6.07) is 18.3. The lowest BCUT2D eigenvalue weighted by molar-refractivity contribution is -0.385. The third-order valence-electron chi connectivity index (χ3n) is 4.99. The zero-order chi connectivity index (χ0) is 24.2. The number of para-hydroxylation sites is 1. The molecule has 0 aliphatic carbocycles. The number of rotatable bonds is 7. The molecule has 0 bridgehead atoms. The van der Waals surface area contributed by atoms with Crippen molar-refractivity contribution in [3.63, 3.8) is 0 Å². The second-order valence-corrected chi connectivity index (χ2v) is 9.03. The van der Waals surface area contributed by atoms with Crippen LogP contribution in [0, 0.1) is 10.1 Å². The molecule has 1 heterocycles. The van der Waals surface area contributed by atoms with Gasteiger partial charge in [0.25, 0.3) is 16.8 Å². The van der Waals surface area contributed by atoms with Crippen molar-refractivity contribution in [2.75, 3.05) is 0 Å². The minimum Gasteiger partial charge on any atom is -0.487 e. The van der Waals surface area contributed by atoms with Gasteiger partial charge in [-0.15, -0.1) is 0 Å². The van der Waals surface area contributed by atoms with Crippen molar-refractivity contribution < 1.29 is 19.2 Å². The average molecular weight is 515 g/mol. The van der Waals surface area contributed by atoms with Gasteiger partial charge in [0.2, 0.25) is 0 Å². The molecule has 34 heavy (non-hydrogen) atoms. The van der Waals surface area contributed by atoms with E-state index >= 15 is 0 Å². The summed E-state index contributed by atoms with van der Waals surface area (Å²) in [5, 5.41) is 11.7. The van der Waals surface area contributed by atoms with Crippen LogP contribution in [-0.4, -0.2) is 21.0 Å². The van der Waals surface area contributed by atoms with Crippen molar-refractivity contribution in [2.24, 2.45) is 0 Å². The highest BCUT2D eigenvalue weighted by atomic mass is 35.5. The summed E-state index contributed by atoms with van der Waals surface area (Å²) >= 11 is 13.3. The normalized spacial score (nSPS) is 14.6. The number of halogens is 2. The van der Waals surface area contributed by atoms with E-state index in [0.29, 0.717) is 21.4 Å². The molecule has 10 heteroatoms. The minimum atomic E-state index is -0.540. The number of carbonyl (C=O) groups is 2. The van der Waals surface area contributed by atoms with Crippen LogP contribution in [0.4, 0.5) is 10.5 Å². The van der Waals surface area contributed by atoms with Crippen LogP contribution < -0.4 is 4.74 Å². The molecule has 7 nitrogen and oxygen atoms in total. The number of thioether (sulfide) groups is 1. The Morgan fingerprint density at radius 1 is 0.971 bits per heavy atom. The summed E-state index contributed by atoms with van der Waals surface area (Å²) in [7, 11) is 0. The Bertz CT molecular complexity index is 1330. The zero-order valence-electron chi connectivity index (χ0n) is 17.4. The molecule has 1 aliphatic rings. The molecule has 0 N–H and O–H groups in total. The van der Waals surface area contributed by atoms with Crippen molar-refractivity contribution >= 4 is 57.9 Å². The van der Waals surface area contributed by atoms with Gasteiger partial charge in [0.15, 0.2) is 0 Å². The molecular weight excluding hydrogens is 499 g/mol. The predicted molar refractivity (Wildman–Crippen MR) is 132 cm³/mol. The van der Waals surface area contributed by atoms with Crippen molar-refractivity contribution in [1.82, 2.24) is 4.90 Å². The Kier molecular flexibility index (Phi) is 7.21. The number of nitro groups is 1. The van der Waals surface area contributed by atoms with Crippen LogP contribution in [0.1, 0.15) is 16.7 Å². The molecule has 1 aliphatic heterocycles. The van der Waals surface area contributed by atoms with Gasteiger partial charge in [0.1, 0.15) is 12.4 Å².